The first-order valence-electron chi connectivity index (χ1n) is 3.12. The van der Waals surface area contributed by atoms with Gasteiger partial charge in [-0.1, -0.05) is 26.2 Å². The minimum atomic E-state index is -0.199. The molecule has 1 nitrogen and oxygen atoms in total. The molecule has 0 aliphatic carbocycles. The van der Waals surface area contributed by atoms with E-state index in [0.717, 1.165) is 6.42 Å². The number of terminal acetylenes is 1. The van der Waals surface area contributed by atoms with Crippen molar-refractivity contribution in [2.45, 2.75) is 20.3 Å². The Morgan fingerprint density at radius 2 is 2.22 bits per heavy atom. The van der Waals surface area contributed by atoms with E-state index in [4.69, 9.17) is 11.7 Å². The smallest absolute Gasteiger partial charge is 0.109 e. The van der Waals surface area contributed by atoms with Gasteiger partial charge in [0.05, 0.1) is 6.07 Å². The molecule has 0 aromatic heterocycles. The number of hydrogen-bond donors (Lipinski definition) is 0. The Hall–Kier alpha value is -0.950. The lowest BCUT2D eigenvalue weighted by molar-refractivity contribution is 0.503. The maximum atomic E-state index is 8.44. The standard InChI is InChI=1S/C8H11N/c1-4-7(3)8(5-2)6-9/h2,7-8H,4H2,1,3H3. The first kappa shape index (κ1) is 8.05. The fraction of sp³-hybridized carbons (Fsp3) is 0.625. The van der Waals surface area contributed by atoms with Gasteiger partial charge in [-0.25, -0.2) is 0 Å². The molecule has 0 rings (SSSR count). The monoisotopic (exact) mass is 121 g/mol. The summed E-state index contributed by atoms with van der Waals surface area (Å²) in [5, 5.41) is 8.44. The number of nitriles is 1. The van der Waals surface area contributed by atoms with Gasteiger partial charge in [-0.2, -0.15) is 5.26 Å². The molecular formula is C8H11N. The molecule has 0 amide bonds. The first-order valence-corrected chi connectivity index (χ1v) is 3.12. The van der Waals surface area contributed by atoms with E-state index in [0.29, 0.717) is 5.92 Å². The van der Waals surface area contributed by atoms with Crippen LogP contribution in [0.1, 0.15) is 20.3 Å². The fourth-order valence-electron chi connectivity index (χ4n) is 0.564. The van der Waals surface area contributed by atoms with Crippen molar-refractivity contribution in [1.82, 2.24) is 0 Å². The molecule has 0 saturated carbocycles. The Bertz CT molecular complexity index is 133. The largest absolute Gasteiger partial charge is 0.197 e. The maximum Gasteiger partial charge on any atom is 0.109 e. The number of rotatable bonds is 2. The highest BCUT2D eigenvalue weighted by atomic mass is 14.3. The summed E-state index contributed by atoms with van der Waals surface area (Å²) in [6, 6.07) is 2.07. The van der Waals surface area contributed by atoms with E-state index in [-0.39, 0.29) is 5.92 Å². The highest BCUT2D eigenvalue weighted by Crippen LogP contribution is 2.12. The van der Waals surface area contributed by atoms with Crippen molar-refractivity contribution in [2.75, 3.05) is 0 Å². The second-order valence-corrected chi connectivity index (χ2v) is 2.16. The second kappa shape index (κ2) is 3.98. The highest BCUT2D eigenvalue weighted by molar-refractivity contribution is 5.06. The van der Waals surface area contributed by atoms with E-state index in [1.165, 1.54) is 0 Å². The Kier molecular flexibility index (Phi) is 3.56. The van der Waals surface area contributed by atoms with Crippen LogP contribution in [0.15, 0.2) is 0 Å². The second-order valence-electron chi connectivity index (χ2n) is 2.16. The van der Waals surface area contributed by atoms with Crippen molar-refractivity contribution in [1.29, 1.82) is 5.26 Å². The van der Waals surface area contributed by atoms with E-state index in [1.54, 1.807) is 0 Å². The van der Waals surface area contributed by atoms with Crippen molar-refractivity contribution in [2.24, 2.45) is 11.8 Å². The van der Waals surface area contributed by atoms with E-state index in [2.05, 4.69) is 12.0 Å². The van der Waals surface area contributed by atoms with Crippen LogP contribution in [-0.4, -0.2) is 0 Å². The maximum absolute atomic E-state index is 8.44. The van der Waals surface area contributed by atoms with Gasteiger partial charge in [-0.15, -0.1) is 6.42 Å². The zero-order valence-corrected chi connectivity index (χ0v) is 5.89. The van der Waals surface area contributed by atoms with Gasteiger partial charge in [0.15, 0.2) is 0 Å². The molecule has 0 heterocycles. The average molecular weight is 121 g/mol. The third-order valence-electron chi connectivity index (χ3n) is 1.53. The summed E-state index contributed by atoms with van der Waals surface area (Å²) in [6.45, 7) is 4.03. The zero-order chi connectivity index (χ0) is 7.28. The fourth-order valence-corrected chi connectivity index (χ4v) is 0.564. The molecule has 0 radical (unpaired) electrons. The summed E-state index contributed by atoms with van der Waals surface area (Å²) in [5.74, 6) is 2.58. The molecule has 0 aromatic carbocycles. The van der Waals surface area contributed by atoms with Gasteiger partial charge in [0, 0.05) is 0 Å². The Morgan fingerprint density at radius 3 is 2.33 bits per heavy atom. The summed E-state index contributed by atoms with van der Waals surface area (Å²) in [7, 11) is 0. The van der Waals surface area contributed by atoms with Crippen LogP contribution in [0.2, 0.25) is 0 Å². The molecular weight excluding hydrogens is 110 g/mol. The van der Waals surface area contributed by atoms with Crippen LogP contribution in [0.5, 0.6) is 0 Å². The third-order valence-corrected chi connectivity index (χ3v) is 1.53. The van der Waals surface area contributed by atoms with Crippen LogP contribution in [0.3, 0.4) is 0 Å². The minimum Gasteiger partial charge on any atom is -0.197 e. The normalized spacial score (nSPS) is 15.1. The predicted octanol–water partition coefficient (Wildman–Crippen LogP) is 1.81. The molecule has 48 valence electrons. The van der Waals surface area contributed by atoms with Crippen molar-refractivity contribution in [3.8, 4) is 18.4 Å². The number of nitrogens with zero attached hydrogens (tertiary/aromatic N) is 1. The van der Waals surface area contributed by atoms with Gasteiger partial charge < -0.3 is 0 Å². The SMILES string of the molecule is C#CC(C#N)C(C)CC. The summed E-state index contributed by atoms with van der Waals surface area (Å²) in [5.41, 5.74) is 0. The molecule has 2 atom stereocenters. The van der Waals surface area contributed by atoms with Crippen LogP contribution in [0.25, 0.3) is 0 Å². The van der Waals surface area contributed by atoms with Crippen LogP contribution in [0, 0.1) is 35.5 Å². The highest BCUT2D eigenvalue weighted by Gasteiger charge is 2.10. The van der Waals surface area contributed by atoms with Gasteiger partial charge in [0.1, 0.15) is 5.92 Å². The van der Waals surface area contributed by atoms with Crippen LogP contribution < -0.4 is 0 Å². The Balaban J connectivity index is 3.87. The van der Waals surface area contributed by atoms with E-state index in [1.807, 2.05) is 13.8 Å². The van der Waals surface area contributed by atoms with E-state index in [9.17, 15) is 0 Å². The van der Waals surface area contributed by atoms with Gasteiger partial charge in [-0.3, -0.25) is 0 Å². The summed E-state index contributed by atoms with van der Waals surface area (Å²) < 4.78 is 0. The van der Waals surface area contributed by atoms with Gasteiger partial charge in [0.2, 0.25) is 0 Å². The topological polar surface area (TPSA) is 23.8 Å². The van der Waals surface area contributed by atoms with Crippen molar-refractivity contribution < 1.29 is 0 Å². The molecule has 0 aromatic rings. The molecule has 0 aliphatic heterocycles. The quantitative estimate of drug-likeness (QED) is 0.511. The first-order chi connectivity index (χ1) is 4.26. The van der Waals surface area contributed by atoms with Gasteiger partial charge >= 0.3 is 0 Å². The third kappa shape index (κ3) is 2.20. The molecule has 0 spiro atoms. The van der Waals surface area contributed by atoms with Crippen LogP contribution in [0.4, 0.5) is 0 Å². The number of hydrogen-bond acceptors (Lipinski definition) is 1. The van der Waals surface area contributed by atoms with Crippen molar-refractivity contribution in [3.63, 3.8) is 0 Å². The molecule has 0 aliphatic rings. The zero-order valence-electron chi connectivity index (χ0n) is 5.89. The lowest BCUT2D eigenvalue weighted by Crippen LogP contribution is -2.05. The van der Waals surface area contributed by atoms with Gasteiger partial charge in [-0.05, 0) is 5.92 Å². The Labute approximate surface area is 56.7 Å². The van der Waals surface area contributed by atoms with Crippen molar-refractivity contribution >= 4 is 0 Å². The van der Waals surface area contributed by atoms with Crippen molar-refractivity contribution in [3.05, 3.63) is 0 Å². The van der Waals surface area contributed by atoms with Gasteiger partial charge in [0.25, 0.3) is 0 Å². The van der Waals surface area contributed by atoms with E-state index >= 15 is 0 Å². The lowest BCUT2D eigenvalue weighted by atomic mass is 9.94. The molecule has 1 heteroatoms. The summed E-state index contributed by atoms with van der Waals surface area (Å²) >= 11 is 0. The summed E-state index contributed by atoms with van der Waals surface area (Å²) in [4.78, 5) is 0. The average Bonchev–Trinajstić information content (AvgIpc) is 1.90. The molecule has 0 N–H and O–H groups in total. The predicted molar refractivity (Wildman–Crippen MR) is 37.4 cm³/mol. The molecule has 0 fully saturated rings. The van der Waals surface area contributed by atoms with Crippen LogP contribution >= 0.6 is 0 Å². The minimum absolute atomic E-state index is 0.199. The molecule has 2 unspecified atom stereocenters. The summed E-state index contributed by atoms with van der Waals surface area (Å²) in [6.07, 6.45) is 6.06. The van der Waals surface area contributed by atoms with Crippen LogP contribution in [-0.2, 0) is 0 Å². The molecule has 0 saturated heterocycles. The lowest BCUT2D eigenvalue weighted by Gasteiger charge is -2.07. The van der Waals surface area contributed by atoms with E-state index < -0.39 is 0 Å². The molecule has 9 heavy (non-hydrogen) atoms. The Morgan fingerprint density at radius 1 is 1.67 bits per heavy atom. The molecule has 0 bridgehead atoms.